The summed E-state index contributed by atoms with van der Waals surface area (Å²) in [5, 5.41) is 5.63. The van der Waals surface area contributed by atoms with Crippen molar-refractivity contribution in [2.75, 3.05) is 44.2 Å². The molecule has 3 N–H and O–H groups in total. The quantitative estimate of drug-likeness (QED) is 0.724. The Balaban J connectivity index is 1.79. The average Bonchev–Trinajstić information content (AvgIpc) is 2.49. The van der Waals surface area contributed by atoms with E-state index in [1.807, 2.05) is 31.2 Å². The summed E-state index contributed by atoms with van der Waals surface area (Å²) in [4.78, 5) is 26.5. The van der Waals surface area contributed by atoms with Gasteiger partial charge in [0.2, 0.25) is 0 Å². The third-order valence-corrected chi connectivity index (χ3v) is 3.98. The lowest BCUT2D eigenvalue weighted by Gasteiger charge is -2.33. The van der Waals surface area contributed by atoms with Crippen LogP contribution >= 0.6 is 11.6 Å². The van der Waals surface area contributed by atoms with E-state index in [4.69, 9.17) is 11.6 Å². The minimum absolute atomic E-state index is 0.243. The van der Waals surface area contributed by atoms with Crippen LogP contribution in [0.15, 0.2) is 24.3 Å². The smallest absolute Gasteiger partial charge is 0.321 e. The monoisotopic (exact) mass is 325 g/mol. The number of para-hydroxylation sites is 1. The zero-order valence-corrected chi connectivity index (χ0v) is 13.4. The second-order valence-corrected chi connectivity index (χ2v) is 5.68. The van der Waals surface area contributed by atoms with Gasteiger partial charge >= 0.3 is 6.03 Å². The van der Waals surface area contributed by atoms with Crippen LogP contribution in [0.4, 0.5) is 10.5 Å². The number of halogens is 1. The molecule has 1 aliphatic heterocycles. The third-order valence-electron chi connectivity index (χ3n) is 3.66. The highest BCUT2D eigenvalue weighted by atomic mass is 35.5. The summed E-state index contributed by atoms with van der Waals surface area (Å²) in [5.41, 5.74) is 1.04. The lowest BCUT2D eigenvalue weighted by Crippen LogP contribution is -3.16. The zero-order chi connectivity index (χ0) is 15.9. The van der Waals surface area contributed by atoms with E-state index in [1.54, 1.807) is 0 Å². The van der Waals surface area contributed by atoms with Crippen LogP contribution in [-0.2, 0) is 4.79 Å². The molecular formula is C15H22ClN4O2+. The second-order valence-electron chi connectivity index (χ2n) is 5.27. The van der Waals surface area contributed by atoms with E-state index in [0.717, 1.165) is 36.9 Å². The van der Waals surface area contributed by atoms with Crippen LogP contribution in [0.2, 0.25) is 5.02 Å². The Kier molecular flexibility index (Phi) is 6.03. The van der Waals surface area contributed by atoms with Gasteiger partial charge < -0.3 is 15.1 Å². The van der Waals surface area contributed by atoms with Crippen LogP contribution in [-0.4, -0.2) is 51.2 Å². The standard InChI is InChI=1S/C15H21ClN4O2/c1-2-17-15(22)18-14(21)11-19-7-9-20(10-8-19)13-6-4-3-5-12(13)16/h3-6H,2,7-11H2,1H3,(H2,17,18,21,22)/p+1. The van der Waals surface area contributed by atoms with Crippen molar-refractivity contribution >= 4 is 29.2 Å². The first-order chi connectivity index (χ1) is 10.6. The largest absolute Gasteiger partial charge is 0.359 e. The summed E-state index contributed by atoms with van der Waals surface area (Å²) >= 11 is 6.21. The number of carbonyl (C=O) groups is 2. The van der Waals surface area contributed by atoms with Crippen LogP contribution in [0.1, 0.15) is 6.92 Å². The number of hydrogen-bond donors (Lipinski definition) is 3. The summed E-state index contributed by atoms with van der Waals surface area (Å²) in [6.45, 7) is 5.99. The number of urea groups is 1. The van der Waals surface area contributed by atoms with Gasteiger partial charge in [-0.15, -0.1) is 0 Å². The first-order valence-electron chi connectivity index (χ1n) is 7.51. The maximum atomic E-state index is 11.8. The van der Waals surface area contributed by atoms with Gasteiger partial charge in [-0.2, -0.15) is 0 Å². The Labute approximate surface area is 135 Å². The molecule has 0 aromatic heterocycles. The molecule has 3 amide bonds. The Hall–Kier alpha value is -1.79. The number of nitrogens with zero attached hydrogens (tertiary/aromatic N) is 1. The van der Waals surface area contributed by atoms with Crippen molar-refractivity contribution in [1.82, 2.24) is 10.6 Å². The Morgan fingerprint density at radius 3 is 2.59 bits per heavy atom. The number of carbonyl (C=O) groups excluding carboxylic acids is 2. The van der Waals surface area contributed by atoms with Crippen LogP contribution < -0.4 is 20.4 Å². The fourth-order valence-corrected chi connectivity index (χ4v) is 2.81. The molecule has 1 aliphatic rings. The van der Waals surface area contributed by atoms with Crippen molar-refractivity contribution < 1.29 is 14.5 Å². The lowest BCUT2D eigenvalue weighted by atomic mass is 10.2. The fourth-order valence-electron chi connectivity index (χ4n) is 2.55. The highest BCUT2D eigenvalue weighted by molar-refractivity contribution is 6.33. The molecule has 6 nitrogen and oxygen atoms in total. The molecule has 0 aliphatic carbocycles. The molecule has 1 aromatic rings. The summed E-state index contributed by atoms with van der Waals surface area (Å²) in [6, 6.07) is 7.35. The lowest BCUT2D eigenvalue weighted by molar-refractivity contribution is -0.892. The second kappa shape index (κ2) is 8.00. The number of benzene rings is 1. The maximum Gasteiger partial charge on any atom is 0.321 e. The van der Waals surface area contributed by atoms with Crippen molar-refractivity contribution in [3.05, 3.63) is 29.3 Å². The van der Waals surface area contributed by atoms with Crippen molar-refractivity contribution in [3.8, 4) is 0 Å². The van der Waals surface area contributed by atoms with Gasteiger partial charge in [0.25, 0.3) is 5.91 Å². The Morgan fingerprint density at radius 1 is 1.27 bits per heavy atom. The maximum absolute atomic E-state index is 11.8. The Bertz CT molecular complexity index is 530. The van der Waals surface area contributed by atoms with Crippen LogP contribution in [0.3, 0.4) is 0 Å². The number of nitrogens with one attached hydrogen (secondary N) is 3. The molecule has 0 saturated carbocycles. The molecule has 0 atom stereocenters. The molecule has 7 heteroatoms. The Morgan fingerprint density at radius 2 is 1.95 bits per heavy atom. The van der Waals surface area contributed by atoms with Crippen LogP contribution in [0.25, 0.3) is 0 Å². The molecule has 0 radical (unpaired) electrons. The van der Waals surface area contributed by atoms with E-state index >= 15 is 0 Å². The summed E-state index contributed by atoms with van der Waals surface area (Å²) in [6.07, 6.45) is 0. The van der Waals surface area contributed by atoms with E-state index < -0.39 is 6.03 Å². The fraction of sp³-hybridized carbons (Fsp3) is 0.467. The highest BCUT2D eigenvalue weighted by Gasteiger charge is 2.23. The molecule has 1 aromatic carbocycles. The number of rotatable bonds is 4. The van der Waals surface area contributed by atoms with Gasteiger partial charge in [-0.05, 0) is 19.1 Å². The molecule has 1 saturated heterocycles. The first kappa shape index (κ1) is 16.6. The van der Waals surface area contributed by atoms with Crippen LogP contribution in [0, 0.1) is 0 Å². The molecule has 22 heavy (non-hydrogen) atoms. The van der Waals surface area contributed by atoms with Gasteiger partial charge in [0.1, 0.15) is 0 Å². The van der Waals surface area contributed by atoms with Crippen molar-refractivity contribution in [1.29, 1.82) is 0 Å². The van der Waals surface area contributed by atoms with Gasteiger partial charge in [0.15, 0.2) is 6.54 Å². The molecular weight excluding hydrogens is 304 g/mol. The normalized spacial score (nSPS) is 15.5. The molecule has 0 bridgehead atoms. The number of anilines is 1. The minimum atomic E-state index is -0.429. The van der Waals surface area contributed by atoms with E-state index in [9.17, 15) is 9.59 Å². The van der Waals surface area contributed by atoms with E-state index in [-0.39, 0.29) is 5.91 Å². The average molecular weight is 326 g/mol. The third kappa shape index (κ3) is 4.61. The van der Waals surface area contributed by atoms with Gasteiger partial charge in [0.05, 0.1) is 36.9 Å². The molecule has 0 unspecified atom stereocenters. The summed E-state index contributed by atoms with van der Waals surface area (Å²) in [7, 11) is 0. The van der Waals surface area contributed by atoms with E-state index in [0.29, 0.717) is 13.1 Å². The topological polar surface area (TPSA) is 65.9 Å². The molecule has 1 heterocycles. The zero-order valence-electron chi connectivity index (χ0n) is 12.7. The van der Waals surface area contributed by atoms with Crippen molar-refractivity contribution in [3.63, 3.8) is 0 Å². The van der Waals surface area contributed by atoms with Gasteiger partial charge in [-0.3, -0.25) is 10.1 Å². The molecule has 1 fully saturated rings. The number of amides is 3. The molecule has 0 spiro atoms. The summed E-state index contributed by atoms with van der Waals surface area (Å²) < 4.78 is 0. The molecule has 120 valence electrons. The SMILES string of the molecule is CCNC(=O)NC(=O)C[NH+]1CCN(c2ccccc2Cl)CC1. The van der Waals surface area contributed by atoms with E-state index in [1.165, 1.54) is 4.90 Å². The van der Waals surface area contributed by atoms with Crippen molar-refractivity contribution in [2.45, 2.75) is 6.92 Å². The molecule has 2 rings (SSSR count). The predicted molar refractivity (Wildman–Crippen MR) is 86.4 cm³/mol. The minimum Gasteiger partial charge on any atom is -0.359 e. The predicted octanol–water partition coefficient (Wildman–Crippen LogP) is -0.109. The van der Waals surface area contributed by atoms with Gasteiger partial charge in [-0.1, -0.05) is 23.7 Å². The number of piperazine rings is 1. The van der Waals surface area contributed by atoms with Crippen LogP contribution in [0.5, 0.6) is 0 Å². The number of hydrogen-bond acceptors (Lipinski definition) is 3. The van der Waals surface area contributed by atoms with Gasteiger partial charge in [0, 0.05) is 6.54 Å². The van der Waals surface area contributed by atoms with Crippen molar-refractivity contribution in [2.24, 2.45) is 0 Å². The number of quaternary nitrogens is 1. The van der Waals surface area contributed by atoms with E-state index in [2.05, 4.69) is 15.5 Å². The number of imide groups is 1. The highest BCUT2D eigenvalue weighted by Crippen LogP contribution is 2.24. The summed E-state index contributed by atoms with van der Waals surface area (Å²) in [5.74, 6) is -0.243. The van der Waals surface area contributed by atoms with Gasteiger partial charge in [-0.25, -0.2) is 4.79 Å². The first-order valence-corrected chi connectivity index (χ1v) is 7.88.